The number of aromatic nitrogens is 2. The molecule has 2 N–H and O–H groups in total. The number of fused-ring (bicyclic) bond motifs is 2. The van der Waals surface area contributed by atoms with Gasteiger partial charge in [0.1, 0.15) is 0 Å². The smallest absolute Gasteiger partial charge is 0.315 e. The molecule has 1 aromatic rings. The highest BCUT2D eigenvalue weighted by molar-refractivity contribution is 5.20. The van der Waals surface area contributed by atoms with E-state index >= 15 is 0 Å². The Morgan fingerprint density at radius 2 is 2.21 bits per heavy atom. The van der Waals surface area contributed by atoms with Gasteiger partial charge >= 0.3 is 6.01 Å². The molecule has 1 aromatic heterocycles. The molecule has 2 aliphatic rings. The van der Waals surface area contributed by atoms with Crippen LogP contribution in [0.2, 0.25) is 0 Å². The second-order valence-electron chi connectivity index (χ2n) is 6.05. The van der Waals surface area contributed by atoms with E-state index in [4.69, 9.17) is 4.42 Å². The molecule has 0 amide bonds. The lowest BCUT2D eigenvalue weighted by atomic mass is 9.84. The van der Waals surface area contributed by atoms with Gasteiger partial charge in [-0.25, -0.2) is 0 Å². The summed E-state index contributed by atoms with van der Waals surface area (Å²) in [5.41, 5.74) is 0. The number of nitrogens with zero attached hydrogens (tertiary/aromatic N) is 2. The molecule has 4 atom stereocenters. The quantitative estimate of drug-likeness (QED) is 0.826. The standard InChI is InChI=1S/C14H24N4O/c1-3-15-8-13-17-18-14(19-13)16-9(2)12-7-10-4-5-11(12)6-10/h9-12,15H,3-8H2,1-2H3,(H,16,18). The van der Waals surface area contributed by atoms with Crippen LogP contribution in [0, 0.1) is 17.8 Å². The predicted molar refractivity (Wildman–Crippen MR) is 73.7 cm³/mol. The fourth-order valence-electron chi connectivity index (χ4n) is 3.82. The zero-order valence-corrected chi connectivity index (χ0v) is 11.9. The van der Waals surface area contributed by atoms with Crippen LogP contribution in [-0.2, 0) is 6.54 Å². The Morgan fingerprint density at radius 1 is 1.32 bits per heavy atom. The molecule has 19 heavy (non-hydrogen) atoms. The molecule has 5 nitrogen and oxygen atoms in total. The second-order valence-corrected chi connectivity index (χ2v) is 6.05. The van der Waals surface area contributed by atoms with E-state index in [0.717, 1.165) is 24.3 Å². The maximum atomic E-state index is 5.60. The largest absolute Gasteiger partial charge is 0.407 e. The summed E-state index contributed by atoms with van der Waals surface area (Å²) in [4.78, 5) is 0. The highest BCUT2D eigenvalue weighted by atomic mass is 16.4. The summed E-state index contributed by atoms with van der Waals surface area (Å²) in [5.74, 6) is 3.33. The van der Waals surface area contributed by atoms with Gasteiger partial charge in [-0.2, -0.15) is 0 Å². The molecule has 3 rings (SSSR count). The molecular formula is C14H24N4O. The topological polar surface area (TPSA) is 63.0 Å². The molecule has 2 aliphatic carbocycles. The number of hydrogen-bond donors (Lipinski definition) is 2. The van der Waals surface area contributed by atoms with Crippen molar-refractivity contribution < 1.29 is 4.42 Å². The van der Waals surface area contributed by atoms with Gasteiger partial charge < -0.3 is 15.1 Å². The Balaban J connectivity index is 1.54. The third-order valence-corrected chi connectivity index (χ3v) is 4.78. The molecule has 0 spiro atoms. The van der Waals surface area contributed by atoms with E-state index in [-0.39, 0.29) is 0 Å². The van der Waals surface area contributed by atoms with Gasteiger partial charge in [0, 0.05) is 6.04 Å². The maximum absolute atomic E-state index is 5.60. The maximum Gasteiger partial charge on any atom is 0.315 e. The van der Waals surface area contributed by atoms with Crippen molar-refractivity contribution in [2.45, 2.75) is 52.1 Å². The van der Waals surface area contributed by atoms with E-state index in [1.165, 1.54) is 25.7 Å². The average molecular weight is 264 g/mol. The van der Waals surface area contributed by atoms with Crippen LogP contribution < -0.4 is 10.6 Å². The van der Waals surface area contributed by atoms with Gasteiger partial charge in [0.05, 0.1) is 6.54 Å². The minimum absolute atomic E-state index is 0.433. The first-order valence-electron chi connectivity index (χ1n) is 7.56. The Hall–Kier alpha value is -1.10. The van der Waals surface area contributed by atoms with Crippen LogP contribution in [0.4, 0.5) is 6.01 Å². The van der Waals surface area contributed by atoms with Gasteiger partial charge in [-0.1, -0.05) is 18.4 Å². The van der Waals surface area contributed by atoms with Crippen molar-refractivity contribution in [1.82, 2.24) is 15.5 Å². The summed E-state index contributed by atoms with van der Waals surface area (Å²) in [6, 6.07) is 1.01. The van der Waals surface area contributed by atoms with E-state index in [0.29, 0.717) is 24.5 Å². The van der Waals surface area contributed by atoms with E-state index in [1.54, 1.807) is 0 Å². The van der Waals surface area contributed by atoms with Gasteiger partial charge in [-0.3, -0.25) is 0 Å². The average Bonchev–Trinajstić information content (AvgIpc) is 3.12. The molecule has 0 saturated heterocycles. The molecule has 106 valence electrons. The fourth-order valence-corrected chi connectivity index (χ4v) is 3.82. The van der Waals surface area contributed by atoms with E-state index in [9.17, 15) is 0 Å². The van der Waals surface area contributed by atoms with Gasteiger partial charge in [-0.15, -0.1) is 5.10 Å². The third kappa shape index (κ3) is 2.76. The van der Waals surface area contributed by atoms with Crippen molar-refractivity contribution in [2.75, 3.05) is 11.9 Å². The van der Waals surface area contributed by atoms with Gasteiger partial charge in [0.2, 0.25) is 5.89 Å². The Morgan fingerprint density at radius 3 is 2.89 bits per heavy atom. The van der Waals surface area contributed by atoms with Crippen molar-refractivity contribution in [2.24, 2.45) is 17.8 Å². The molecular weight excluding hydrogens is 240 g/mol. The lowest BCUT2D eigenvalue weighted by Crippen LogP contribution is -2.30. The van der Waals surface area contributed by atoms with Crippen molar-refractivity contribution in [1.29, 1.82) is 0 Å². The van der Waals surface area contributed by atoms with Crippen LogP contribution in [0.25, 0.3) is 0 Å². The lowest BCUT2D eigenvalue weighted by molar-refractivity contribution is 0.300. The van der Waals surface area contributed by atoms with E-state index < -0.39 is 0 Å². The number of nitrogens with one attached hydrogen (secondary N) is 2. The number of rotatable bonds is 6. The van der Waals surface area contributed by atoms with Crippen LogP contribution in [0.5, 0.6) is 0 Å². The van der Waals surface area contributed by atoms with Crippen LogP contribution in [-0.4, -0.2) is 22.8 Å². The summed E-state index contributed by atoms with van der Waals surface area (Å²) in [5, 5.41) is 14.7. The Bertz CT molecular complexity index is 419. The molecule has 2 fully saturated rings. The van der Waals surface area contributed by atoms with E-state index in [2.05, 4.69) is 34.7 Å². The Kier molecular flexibility index (Phi) is 3.73. The zero-order chi connectivity index (χ0) is 13.2. The molecule has 0 radical (unpaired) electrons. The first kappa shape index (κ1) is 12.9. The van der Waals surface area contributed by atoms with Crippen LogP contribution in [0.3, 0.4) is 0 Å². The minimum atomic E-state index is 0.433. The first-order chi connectivity index (χ1) is 9.26. The minimum Gasteiger partial charge on any atom is -0.407 e. The van der Waals surface area contributed by atoms with Gasteiger partial charge in [-0.05, 0) is 50.5 Å². The SMILES string of the molecule is CCNCc1nnc(NC(C)C2CC3CCC2C3)o1. The molecule has 4 unspecified atom stereocenters. The summed E-state index contributed by atoms with van der Waals surface area (Å²) < 4.78 is 5.60. The van der Waals surface area contributed by atoms with Crippen molar-refractivity contribution in [3.05, 3.63) is 5.89 Å². The molecule has 0 aliphatic heterocycles. The lowest BCUT2D eigenvalue weighted by Gasteiger charge is -2.27. The number of hydrogen-bond acceptors (Lipinski definition) is 5. The summed E-state index contributed by atoms with van der Waals surface area (Å²) in [6.07, 6.45) is 5.67. The van der Waals surface area contributed by atoms with Crippen LogP contribution >= 0.6 is 0 Å². The van der Waals surface area contributed by atoms with Crippen LogP contribution in [0.15, 0.2) is 4.42 Å². The van der Waals surface area contributed by atoms with Crippen molar-refractivity contribution in [3.63, 3.8) is 0 Å². The van der Waals surface area contributed by atoms with Crippen molar-refractivity contribution in [3.8, 4) is 0 Å². The van der Waals surface area contributed by atoms with Crippen molar-refractivity contribution >= 4 is 6.01 Å². The highest BCUT2D eigenvalue weighted by Gasteiger charge is 2.42. The predicted octanol–water partition coefficient (Wildman–Crippen LogP) is 2.42. The summed E-state index contributed by atoms with van der Waals surface area (Å²) in [7, 11) is 0. The highest BCUT2D eigenvalue weighted by Crippen LogP contribution is 2.49. The Labute approximate surface area is 114 Å². The second kappa shape index (κ2) is 5.49. The zero-order valence-electron chi connectivity index (χ0n) is 11.9. The molecule has 5 heteroatoms. The molecule has 2 saturated carbocycles. The molecule has 1 heterocycles. The summed E-state index contributed by atoms with van der Waals surface area (Å²) >= 11 is 0. The molecule has 0 aromatic carbocycles. The van der Waals surface area contributed by atoms with Crippen LogP contribution in [0.1, 0.15) is 45.4 Å². The number of anilines is 1. The monoisotopic (exact) mass is 264 g/mol. The normalized spacial score (nSPS) is 30.7. The molecule has 2 bridgehead atoms. The van der Waals surface area contributed by atoms with Gasteiger partial charge in [0.25, 0.3) is 0 Å². The van der Waals surface area contributed by atoms with E-state index in [1.807, 2.05) is 0 Å². The fraction of sp³-hybridized carbons (Fsp3) is 0.857. The first-order valence-corrected chi connectivity index (χ1v) is 7.56. The van der Waals surface area contributed by atoms with Gasteiger partial charge in [0.15, 0.2) is 0 Å². The third-order valence-electron chi connectivity index (χ3n) is 4.78. The summed E-state index contributed by atoms with van der Waals surface area (Å²) in [6.45, 7) is 5.87.